The zero-order valence-electron chi connectivity index (χ0n) is 34.9. The second kappa shape index (κ2) is 36.4. The van der Waals surface area contributed by atoms with Gasteiger partial charge in [0.2, 0.25) is 0 Å². The minimum absolute atomic E-state index is 0.0410. The molecule has 0 saturated carbocycles. The molecule has 0 rings (SSSR count). The first-order chi connectivity index (χ1) is 26.0. The maximum Gasteiger partial charge on any atom is 0.306 e. The molecule has 10 heteroatoms. The lowest BCUT2D eigenvalue weighted by atomic mass is 10.0. The molecule has 0 amide bonds. The van der Waals surface area contributed by atoms with E-state index in [4.69, 9.17) is 18.5 Å². The van der Waals surface area contributed by atoms with Gasteiger partial charge in [-0.25, -0.2) is 0 Å². The Bertz CT molecular complexity index is 1110. The summed E-state index contributed by atoms with van der Waals surface area (Å²) < 4.78 is 33.8. The lowest BCUT2D eigenvalue weighted by Gasteiger charge is -2.28. The van der Waals surface area contributed by atoms with Crippen LogP contribution in [0.25, 0.3) is 0 Å². The molecule has 0 fully saturated rings. The van der Waals surface area contributed by atoms with Crippen molar-refractivity contribution in [1.29, 1.82) is 0 Å². The molecule has 0 heterocycles. The van der Waals surface area contributed by atoms with Gasteiger partial charge >= 0.3 is 11.9 Å². The molecule has 0 saturated heterocycles. The Morgan fingerprint density at radius 3 is 1.56 bits per heavy atom. The number of likely N-dealkylation sites (N-methyl/N-ethyl adjacent to an activating group) is 1. The first-order valence-electron chi connectivity index (χ1n) is 21.0. The molecule has 9 nitrogen and oxygen atoms in total. The Hall–Kier alpha value is -2.29. The number of phosphoric acid groups is 1. The summed E-state index contributed by atoms with van der Waals surface area (Å²) in [5.74, 6) is -0.905. The van der Waals surface area contributed by atoms with Crippen LogP contribution in [0.5, 0.6) is 0 Å². The van der Waals surface area contributed by atoms with Crippen LogP contribution in [-0.4, -0.2) is 70.0 Å². The number of carbonyl (C=O) groups excluding carboxylic acids is 2. The van der Waals surface area contributed by atoms with Crippen molar-refractivity contribution in [3.8, 4) is 0 Å². The Morgan fingerprint density at radius 1 is 0.593 bits per heavy atom. The Morgan fingerprint density at radius 2 is 1.06 bits per heavy atom. The number of rotatable bonds is 37. The molecule has 0 bridgehead atoms. The lowest BCUT2D eigenvalue weighted by Crippen LogP contribution is -2.37. The van der Waals surface area contributed by atoms with Crippen molar-refractivity contribution in [3.05, 3.63) is 60.8 Å². The number of unbranched alkanes of at least 4 members (excludes halogenated alkanes) is 13. The molecular weight excluding hydrogens is 701 g/mol. The lowest BCUT2D eigenvalue weighted by molar-refractivity contribution is -0.870. The zero-order valence-corrected chi connectivity index (χ0v) is 35.8. The van der Waals surface area contributed by atoms with Gasteiger partial charge in [-0.15, -0.1) is 0 Å². The van der Waals surface area contributed by atoms with E-state index in [-0.39, 0.29) is 26.1 Å². The van der Waals surface area contributed by atoms with Crippen molar-refractivity contribution in [2.75, 3.05) is 47.5 Å². The Balaban J connectivity index is 4.48. The number of nitrogens with zero attached hydrogens (tertiary/aromatic N) is 1. The van der Waals surface area contributed by atoms with Gasteiger partial charge in [-0.1, -0.05) is 152 Å². The third-order valence-corrected chi connectivity index (χ3v) is 9.52. The van der Waals surface area contributed by atoms with Crippen molar-refractivity contribution in [1.82, 2.24) is 0 Å². The second-order valence-corrected chi connectivity index (χ2v) is 16.4. The second-order valence-electron chi connectivity index (χ2n) is 15.0. The molecule has 0 aromatic heterocycles. The highest BCUT2D eigenvalue weighted by molar-refractivity contribution is 7.45. The highest BCUT2D eigenvalue weighted by Gasteiger charge is 2.21. The molecule has 0 radical (unpaired) electrons. The Kier molecular flexibility index (Phi) is 34.8. The predicted molar refractivity (Wildman–Crippen MR) is 222 cm³/mol. The van der Waals surface area contributed by atoms with E-state index in [1.54, 1.807) is 0 Å². The van der Waals surface area contributed by atoms with Crippen LogP contribution in [0.2, 0.25) is 0 Å². The van der Waals surface area contributed by atoms with Crippen molar-refractivity contribution in [2.45, 2.75) is 161 Å². The van der Waals surface area contributed by atoms with Gasteiger partial charge in [0.05, 0.1) is 27.7 Å². The van der Waals surface area contributed by atoms with Gasteiger partial charge in [0, 0.05) is 12.8 Å². The van der Waals surface area contributed by atoms with E-state index in [0.29, 0.717) is 23.9 Å². The van der Waals surface area contributed by atoms with E-state index in [1.807, 2.05) is 27.2 Å². The highest BCUT2D eigenvalue weighted by atomic mass is 31.2. The fourth-order valence-electron chi connectivity index (χ4n) is 5.28. The summed E-state index contributed by atoms with van der Waals surface area (Å²) in [5.41, 5.74) is 0. The predicted octanol–water partition coefficient (Wildman–Crippen LogP) is 11.1. The summed E-state index contributed by atoms with van der Waals surface area (Å²) in [4.78, 5) is 37.4. The van der Waals surface area contributed by atoms with Crippen molar-refractivity contribution >= 4 is 19.8 Å². The standard InChI is InChI=1S/C44H78NO8P/c1-6-8-10-12-14-16-18-20-21-22-23-25-26-28-30-32-34-36-43(46)50-40-42(41-52-54(48,49)51-39-38-45(3,4)5)53-44(47)37-35-33-31-29-27-24-19-17-15-13-11-9-7-2/h8,10,14,16,20-21,23,25,28,30,42H,6-7,9,11-13,15,17-19,22,24,26-27,29,31-41H2,1-5H3/b10-8+,16-14+,21-20+,25-23+,30-28+/t42-/m1/s1. The van der Waals surface area contributed by atoms with Crippen LogP contribution in [-0.2, 0) is 32.7 Å². The number of allylic oxidation sites excluding steroid dienone is 10. The first kappa shape index (κ1) is 51.7. The summed E-state index contributed by atoms with van der Waals surface area (Å²) in [7, 11) is 1.13. The quantitative estimate of drug-likeness (QED) is 0.0201. The third-order valence-electron chi connectivity index (χ3n) is 8.55. The maximum absolute atomic E-state index is 12.6. The molecule has 0 aliphatic carbocycles. The van der Waals surface area contributed by atoms with Gasteiger partial charge in [0.1, 0.15) is 19.8 Å². The number of hydrogen-bond donors (Lipinski definition) is 0. The van der Waals surface area contributed by atoms with E-state index < -0.39 is 32.5 Å². The van der Waals surface area contributed by atoms with E-state index in [0.717, 1.165) is 57.8 Å². The van der Waals surface area contributed by atoms with Gasteiger partial charge in [0.25, 0.3) is 7.82 Å². The van der Waals surface area contributed by atoms with E-state index >= 15 is 0 Å². The normalized spacial score (nSPS) is 14.3. The summed E-state index contributed by atoms with van der Waals surface area (Å²) in [5, 5.41) is 0. The number of hydrogen-bond acceptors (Lipinski definition) is 8. The van der Waals surface area contributed by atoms with Gasteiger partial charge < -0.3 is 27.9 Å². The van der Waals surface area contributed by atoms with Crippen LogP contribution in [0.1, 0.15) is 155 Å². The molecule has 0 aromatic rings. The molecular formula is C44H78NO8P. The van der Waals surface area contributed by atoms with E-state index in [1.165, 1.54) is 57.8 Å². The molecule has 0 aliphatic heterocycles. The smallest absolute Gasteiger partial charge is 0.306 e. The van der Waals surface area contributed by atoms with Crippen LogP contribution in [0.3, 0.4) is 0 Å². The molecule has 0 aromatic carbocycles. The van der Waals surface area contributed by atoms with Crippen LogP contribution >= 0.6 is 7.82 Å². The molecule has 1 unspecified atom stereocenters. The average molecular weight is 780 g/mol. The van der Waals surface area contributed by atoms with Crippen molar-refractivity contribution < 1.29 is 42.1 Å². The van der Waals surface area contributed by atoms with Crippen LogP contribution in [0.15, 0.2) is 60.8 Å². The van der Waals surface area contributed by atoms with Crippen LogP contribution in [0.4, 0.5) is 0 Å². The first-order valence-corrected chi connectivity index (χ1v) is 22.5. The monoisotopic (exact) mass is 780 g/mol. The Labute approximate surface area is 330 Å². The summed E-state index contributed by atoms with van der Waals surface area (Å²) in [6.07, 6.45) is 42.5. The van der Waals surface area contributed by atoms with E-state index in [9.17, 15) is 19.0 Å². The maximum atomic E-state index is 12.6. The number of carbonyl (C=O) groups is 2. The van der Waals surface area contributed by atoms with Crippen molar-refractivity contribution in [2.24, 2.45) is 0 Å². The largest absolute Gasteiger partial charge is 0.756 e. The topological polar surface area (TPSA) is 111 Å². The minimum Gasteiger partial charge on any atom is -0.756 e. The fourth-order valence-corrected chi connectivity index (χ4v) is 6.01. The number of phosphoric ester groups is 1. The van der Waals surface area contributed by atoms with Crippen LogP contribution in [0, 0.1) is 0 Å². The summed E-state index contributed by atoms with van der Waals surface area (Å²) >= 11 is 0. The molecule has 2 atom stereocenters. The van der Waals surface area contributed by atoms with E-state index in [2.05, 4.69) is 68.5 Å². The number of ether oxygens (including phenoxy) is 2. The molecule has 0 N–H and O–H groups in total. The van der Waals surface area contributed by atoms with Crippen LogP contribution < -0.4 is 4.89 Å². The zero-order chi connectivity index (χ0) is 40.0. The number of quaternary nitrogens is 1. The summed E-state index contributed by atoms with van der Waals surface area (Å²) in [6.45, 7) is 4.03. The summed E-state index contributed by atoms with van der Waals surface area (Å²) in [6, 6.07) is 0. The van der Waals surface area contributed by atoms with Gasteiger partial charge in [-0.3, -0.25) is 14.2 Å². The molecule has 0 spiro atoms. The highest BCUT2D eigenvalue weighted by Crippen LogP contribution is 2.38. The molecule has 312 valence electrons. The average Bonchev–Trinajstić information content (AvgIpc) is 3.12. The van der Waals surface area contributed by atoms with Gasteiger partial charge in [0.15, 0.2) is 6.10 Å². The third kappa shape index (κ3) is 39.4. The fraction of sp³-hybridized carbons (Fsp3) is 0.727. The van der Waals surface area contributed by atoms with Crippen molar-refractivity contribution in [3.63, 3.8) is 0 Å². The minimum atomic E-state index is -4.63. The SMILES string of the molecule is CC/C=C/C/C=C/C/C=C/C/C=C/C/C=C/CCCC(=O)OC[C@H](COP(=O)([O-])OCC[N+](C)(C)C)OC(=O)CCCCCCCCCCCCCCC. The number of esters is 2. The van der Waals surface area contributed by atoms with Gasteiger partial charge in [-0.05, 0) is 51.4 Å². The van der Waals surface area contributed by atoms with Gasteiger partial charge in [-0.2, -0.15) is 0 Å². The molecule has 0 aliphatic rings. The molecule has 54 heavy (non-hydrogen) atoms.